The number of aromatic nitrogens is 2. The van der Waals surface area contributed by atoms with Crippen LogP contribution in [0.2, 0.25) is 0 Å². The highest BCUT2D eigenvalue weighted by atomic mass is 32.1. The number of carbonyl (C=O) groups excluding carboxylic acids is 1. The van der Waals surface area contributed by atoms with Crippen molar-refractivity contribution in [2.75, 3.05) is 6.61 Å². The molecule has 5 aromatic rings. The van der Waals surface area contributed by atoms with Crippen molar-refractivity contribution in [3.63, 3.8) is 0 Å². The number of imidazole rings is 1. The predicted molar refractivity (Wildman–Crippen MR) is 142 cm³/mol. The molecule has 37 heavy (non-hydrogen) atoms. The fraction of sp³-hybridized carbons (Fsp3) is 0.138. The highest BCUT2D eigenvalue weighted by molar-refractivity contribution is 7.15. The molecule has 8 heteroatoms. The Bertz CT molecular complexity index is 1560. The second-order valence-electron chi connectivity index (χ2n) is 8.89. The van der Waals surface area contributed by atoms with Gasteiger partial charge in [-0.2, -0.15) is 0 Å². The Kier molecular flexibility index (Phi) is 5.94. The average molecular weight is 510 g/mol. The molecular weight excluding hydrogens is 486 g/mol. The molecular formula is C29H23N3O4S. The molecule has 184 valence electrons. The van der Waals surface area contributed by atoms with Gasteiger partial charge in [-0.1, -0.05) is 78.9 Å². The second kappa shape index (κ2) is 9.55. The quantitative estimate of drug-likeness (QED) is 0.298. The standard InChI is InChI=1S/C29H23N3O4S/c33-27(34)24(16-25-26(18-8-2-1-3-9-18)31-28-32(25)14-15-37-28)30-29(35)36-17-23-21-12-6-4-10-19(21)20-11-5-7-13-22(20)23/h1-15,23-24H,16-17H2,(H,30,35)(H,33,34). The number of carboxylic acids is 1. The molecule has 3 aromatic carbocycles. The topological polar surface area (TPSA) is 92.9 Å². The molecule has 2 aromatic heterocycles. The van der Waals surface area contributed by atoms with Crippen molar-refractivity contribution in [2.24, 2.45) is 0 Å². The molecule has 1 atom stereocenters. The van der Waals surface area contributed by atoms with Crippen LogP contribution >= 0.6 is 11.3 Å². The normalized spacial score (nSPS) is 13.2. The molecule has 0 saturated carbocycles. The number of ether oxygens (including phenoxy) is 1. The van der Waals surface area contributed by atoms with E-state index in [4.69, 9.17) is 9.72 Å². The van der Waals surface area contributed by atoms with Crippen molar-refractivity contribution >= 4 is 28.4 Å². The maximum Gasteiger partial charge on any atom is 0.407 e. The third kappa shape index (κ3) is 4.25. The molecule has 7 nitrogen and oxygen atoms in total. The minimum atomic E-state index is -1.18. The average Bonchev–Trinajstić information content (AvgIpc) is 3.60. The molecule has 1 aliphatic rings. The SMILES string of the molecule is O=C(NC(Cc1c(-c2ccccc2)nc2sccn12)C(=O)O)OCC1c2ccccc2-c2ccccc21. The van der Waals surface area contributed by atoms with Crippen molar-refractivity contribution in [1.29, 1.82) is 0 Å². The van der Waals surface area contributed by atoms with E-state index >= 15 is 0 Å². The van der Waals surface area contributed by atoms with E-state index < -0.39 is 18.1 Å². The summed E-state index contributed by atoms with van der Waals surface area (Å²) in [4.78, 5) is 30.5. The summed E-state index contributed by atoms with van der Waals surface area (Å²) in [6.07, 6.45) is 1.16. The summed E-state index contributed by atoms with van der Waals surface area (Å²) in [5.41, 5.74) is 6.75. The summed E-state index contributed by atoms with van der Waals surface area (Å²) in [5.74, 6) is -1.25. The Morgan fingerprint density at radius 2 is 1.62 bits per heavy atom. The summed E-state index contributed by atoms with van der Waals surface area (Å²) < 4.78 is 7.47. The van der Waals surface area contributed by atoms with E-state index in [1.807, 2.05) is 82.7 Å². The van der Waals surface area contributed by atoms with Crippen LogP contribution in [-0.4, -0.2) is 39.2 Å². The van der Waals surface area contributed by atoms with Gasteiger partial charge in [0.15, 0.2) is 4.96 Å². The van der Waals surface area contributed by atoms with Gasteiger partial charge in [-0.3, -0.25) is 4.40 Å². The molecule has 0 fully saturated rings. The van der Waals surface area contributed by atoms with Crippen molar-refractivity contribution in [3.8, 4) is 22.4 Å². The first-order valence-corrected chi connectivity index (χ1v) is 12.8. The third-order valence-electron chi connectivity index (χ3n) is 6.74. The minimum absolute atomic E-state index is 0.0572. The van der Waals surface area contributed by atoms with Crippen LogP contribution in [0.25, 0.3) is 27.3 Å². The molecule has 2 N–H and O–H groups in total. The van der Waals surface area contributed by atoms with Gasteiger partial charge in [0.05, 0.1) is 11.4 Å². The fourth-order valence-electron chi connectivity index (χ4n) is 5.03. The monoisotopic (exact) mass is 509 g/mol. The third-order valence-corrected chi connectivity index (χ3v) is 7.50. The Morgan fingerprint density at radius 3 is 2.30 bits per heavy atom. The van der Waals surface area contributed by atoms with E-state index in [0.29, 0.717) is 11.4 Å². The number of nitrogens with one attached hydrogen (secondary N) is 1. The molecule has 6 rings (SSSR count). The van der Waals surface area contributed by atoms with E-state index in [1.165, 1.54) is 11.3 Å². The van der Waals surface area contributed by atoms with Gasteiger partial charge in [-0.05, 0) is 22.3 Å². The van der Waals surface area contributed by atoms with Crippen LogP contribution in [0, 0.1) is 0 Å². The number of benzene rings is 3. The first kappa shape index (κ1) is 23.0. The van der Waals surface area contributed by atoms with Gasteiger partial charge in [0.1, 0.15) is 12.6 Å². The van der Waals surface area contributed by atoms with Gasteiger partial charge in [0.2, 0.25) is 0 Å². The van der Waals surface area contributed by atoms with Crippen LogP contribution in [0.1, 0.15) is 22.7 Å². The number of thiazole rings is 1. The lowest BCUT2D eigenvalue weighted by atomic mass is 9.98. The van der Waals surface area contributed by atoms with Gasteiger partial charge in [0, 0.05) is 29.5 Å². The lowest BCUT2D eigenvalue weighted by Gasteiger charge is -2.18. The minimum Gasteiger partial charge on any atom is -0.480 e. The predicted octanol–water partition coefficient (Wildman–Crippen LogP) is 5.60. The molecule has 1 amide bonds. The van der Waals surface area contributed by atoms with E-state index in [-0.39, 0.29) is 18.9 Å². The van der Waals surface area contributed by atoms with Crippen molar-refractivity contribution < 1.29 is 19.4 Å². The van der Waals surface area contributed by atoms with E-state index in [1.54, 1.807) is 0 Å². The molecule has 0 radical (unpaired) electrons. The van der Waals surface area contributed by atoms with E-state index in [2.05, 4.69) is 17.4 Å². The summed E-state index contributed by atoms with van der Waals surface area (Å²) in [6, 6.07) is 24.6. The van der Waals surface area contributed by atoms with Gasteiger partial charge in [-0.15, -0.1) is 11.3 Å². The van der Waals surface area contributed by atoms with Crippen LogP contribution in [0.15, 0.2) is 90.4 Å². The first-order chi connectivity index (χ1) is 18.1. The lowest BCUT2D eigenvalue weighted by molar-refractivity contribution is -0.139. The molecule has 0 bridgehead atoms. The summed E-state index contributed by atoms with van der Waals surface area (Å²) in [5, 5.41) is 14.4. The zero-order valence-electron chi connectivity index (χ0n) is 19.7. The number of nitrogens with zero attached hydrogens (tertiary/aromatic N) is 2. The van der Waals surface area contributed by atoms with Crippen LogP contribution in [0.3, 0.4) is 0 Å². The summed E-state index contributed by atoms with van der Waals surface area (Å²) in [7, 11) is 0. The van der Waals surface area contributed by atoms with Crippen LogP contribution in [0.4, 0.5) is 4.79 Å². The number of carbonyl (C=O) groups is 2. The number of hydrogen-bond donors (Lipinski definition) is 2. The first-order valence-electron chi connectivity index (χ1n) is 11.9. The number of carboxylic acid groups (broad SMARTS) is 1. The number of rotatable bonds is 7. The molecule has 1 aliphatic carbocycles. The smallest absolute Gasteiger partial charge is 0.407 e. The largest absolute Gasteiger partial charge is 0.480 e. The van der Waals surface area contributed by atoms with E-state index in [0.717, 1.165) is 32.8 Å². The maximum absolute atomic E-state index is 12.8. The molecule has 1 unspecified atom stereocenters. The second-order valence-corrected chi connectivity index (χ2v) is 9.77. The van der Waals surface area contributed by atoms with Gasteiger partial charge < -0.3 is 15.2 Å². The van der Waals surface area contributed by atoms with Gasteiger partial charge in [0.25, 0.3) is 0 Å². The number of alkyl carbamates (subject to hydrolysis) is 1. The van der Waals surface area contributed by atoms with Crippen LogP contribution in [-0.2, 0) is 16.0 Å². The highest BCUT2D eigenvalue weighted by Crippen LogP contribution is 2.44. The molecule has 0 saturated heterocycles. The maximum atomic E-state index is 12.8. The van der Waals surface area contributed by atoms with Crippen molar-refractivity contribution in [1.82, 2.24) is 14.7 Å². The Balaban J connectivity index is 1.20. The highest BCUT2D eigenvalue weighted by Gasteiger charge is 2.30. The van der Waals surface area contributed by atoms with Crippen LogP contribution < -0.4 is 5.32 Å². The summed E-state index contributed by atoms with van der Waals surface area (Å²) in [6.45, 7) is 0.114. The number of amides is 1. The van der Waals surface area contributed by atoms with Crippen molar-refractivity contribution in [3.05, 3.63) is 107 Å². The number of fused-ring (bicyclic) bond motifs is 4. The number of aliphatic carboxylic acids is 1. The van der Waals surface area contributed by atoms with Crippen molar-refractivity contribution in [2.45, 2.75) is 18.4 Å². The Morgan fingerprint density at radius 1 is 0.973 bits per heavy atom. The Hall–Kier alpha value is -4.43. The zero-order chi connectivity index (χ0) is 25.4. The van der Waals surface area contributed by atoms with Crippen LogP contribution in [0.5, 0.6) is 0 Å². The summed E-state index contributed by atoms with van der Waals surface area (Å²) >= 11 is 1.47. The number of hydrogen-bond acceptors (Lipinski definition) is 5. The Labute approximate surface area is 217 Å². The molecule has 2 heterocycles. The fourth-order valence-corrected chi connectivity index (χ4v) is 5.76. The molecule has 0 aliphatic heterocycles. The van der Waals surface area contributed by atoms with Gasteiger partial charge in [-0.25, -0.2) is 14.6 Å². The van der Waals surface area contributed by atoms with Gasteiger partial charge >= 0.3 is 12.1 Å². The lowest BCUT2D eigenvalue weighted by Crippen LogP contribution is -2.43. The zero-order valence-corrected chi connectivity index (χ0v) is 20.5. The molecule has 0 spiro atoms. The van der Waals surface area contributed by atoms with E-state index in [9.17, 15) is 14.7 Å².